The first-order chi connectivity index (χ1) is 9.87. The summed E-state index contributed by atoms with van der Waals surface area (Å²) in [5, 5.41) is 10.1. The van der Waals surface area contributed by atoms with Gasteiger partial charge in [-0.2, -0.15) is 0 Å². The third-order valence-electron chi connectivity index (χ3n) is 7.46. The second-order valence-electron chi connectivity index (χ2n) is 8.94. The summed E-state index contributed by atoms with van der Waals surface area (Å²) < 4.78 is 0. The van der Waals surface area contributed by atoms with E-state index < -0.39 is 0 Å². The predicted octanol–water partition coefficient (Wildman–Crippen LogP) is 5.48. The van der Waals surface area contributed by atoms with Gasteiger partial charge in [0, 0.05) is 0 Å². The van der Waals surface area contributed by atoms with Crippen molar-refractivity contribution in [1.82, 2.24) is 0 Å². The van der Waals surface area contributed by atoms with Crippen LogP contribution in [0.15, 0.2) is 11.1 Å². The fourth-order valence-corrected chi connectivity index (χ4v) is 5.83. The van der Waals surface area contributed by atoms with Gasteiger partial charge in [0.25, 0.3) is 0 Å². The number of hydrogen-bond acceptors (Lipinski definition) is 1. The van der Waals surface area contributed by atoms with Crippen LogP contribution < -0.4 is 0 Å². The molecule has 21 heavy (non-hydrogen) atoms. The highest BCUT2D eigenvalue weighted by Gasteiger charge is 2.46. The van der Waals surface area contributed by atoms with Crippen LogP contribution in [0.3, 0.4) is 0 Å². The first-order valence-corrected chi connectivity index (χ1v) is 9.26. The maximum Gasteiger partial charge on any atom is 0.0543 e. The summed E-state index contributed by atoms with van der Waals surface area (Å²) in [6.45, 7) is 9.77. The van der Waals surface area contributed by atoms with Crippen LogP contribution in [0.2, 0.25) is 0 Å². The van der Waals surface area contributed by atoms with Crippen molar-refractivity contribution in [3.05, 3.63) is 11.1 Å². The van der Waals surface area contributed by atoms with Crippen LogP contribution in [0.4, 0.5) is 0 Å². The summed E-state index contributed by atoms with van der Waals surface area (Å²) in [5.74, 6) is 1.59. The van der Waals surface area contributed by atoms with Crippen LogP contribution in [0.5, 0.6) is 0 Å². The van der Waals surface area contributed by atoms with Crippen molar-refractivity contribution in [2.45, 2.75) is 91.6 Å². The highest BCUT2D eigenvalue weighted by atomic mass is 16.3. The zero-order chi connectivity index (χ0) is 15.3. The molecule has 1 nitrogen and oxygen atoms in total. The van der Waals surface area contributed by atoms with Crippen molar-refractivity contribution < 1.29 is 5.11 Å². The van der Waals surface area contributed by atoms with Crippen LogP contribution in [0.1, 0.15) is 85.5 Å². The minimum atomic E-state index is -0.0354. The van der Waals surface area contributed by atoms with Crippen LogP contribution in [-0.2, 0) is 0 Å². The van der Waals surface area contributed by atoms with E-state index in [1.54, 1.807) is 0 Å². The van der Waals surface area contributed by atoms with Gasteiger partial charge in [-0.1, -0.05) is 45.3 Å². The van der Waals surface area contributed by atoms with Crippen molar-refractivity contribution in [2.75, 3.05) is 0 Å². The molecule has 1 heteroatoms. The maximum atomic E-state index is 10.1. The first-order valence-electron chi connectivity index (χ1n) is 9.26. The standard InChI is InChI=1S/C20H34O/c1-5-15-13-17(21)9-11-20(15,4)16-6-7-18-14(12-16)8-10-19(18,2)3/h15-17,21H,5-13H2,1-4H3. The van der Waals surface area contributed by atoms with E-state index in [9.17, 15) is 5.11 Å². The van der Waals surface area contributed by atoms with Crippen molar-refractivity contribution in [1.29, 1.82) is 0 Å². The molecule has 0 aromatic rings. The summed E-state index contributed by atoms with van der Waals surface area (Å²) in [5.41, 5.74) is 4.58. The predicted molar refractivity (Wildman–Crippen MR) is 89.1 cm³/mol. The summed E-state index contributed by atoms with van der Waals surface area (Å²) >= 11 is 0. The Hall–Kier alpha value is -0.300. The molecule has 0 aromatic carbocycles. The second-order valence-corrected chi connectivity index (χ2v) is 8.94. The molecule has 3 aliphatic carbocycles. The molecule has 0 saturated heterocycles. The van der Waals surface area contributed by atoms with Gasteiger partial charge in [0.05, 0.1) is 6.10 Å². The third kappa shape index (κ3) is 2.60. The molecule has 1 saturated carbocycles. The molecule has 0 radical (unpaired) electrons. The Labute approximate surface area is 131 Å². The lowest BCUT2D eigenvalue weighted by molar-refractivity contribution is -0.0250. The second kappa shape index (κ2) is 5.41. The van der Waals surface area contributed by atoms with Gasteiger partial charge >= 0.3 is 0 Å². The lowest BCUT2D eigenvalue weighted by atomic mass is 9.56. The molecule has 0 bridgehead atoms. The lowest BCUT2D eigenvalue weighted by Gasteiger charge is -2.50. The first kappa shape index (κ1) is 15.6. The van der Waals surface area contributed by atoms with Crippen LogP contribution in [-0.4, -0.2) is 11.2 Å². The molecule has 0 heterocycles. The molecule has 1 N–H and O–H groups in total. The third-order valence-corrected chi connectivity index (χ3v) is 7.46. The van der Waals surface area contributed by atoms with Gasteiger partial charge in [-0.25, -0.2) is 0 Å². The largest absolute Gasteiger partial charge is 0.393 e. The van der Waals surface area contributed by atoms with E-state index in [4.69, 9.17) is 0 Å². The normalized spacial score (nSPS) is 43.0. The van der Waals surface area contributed by atoms with Gasteiger partial charge in [0.2, 0.25) is 0 Å². The fraction of sp³-hybridized carbons (Fsp3) is 0.900. The lowest BCUT2D eigenvalue weighted by Crippen LogP contribution is -2.42. The maximum absolute atomic E-state index is 10.1. The smallest absolute Gasteiger partial charge is 0.0543 e. The molecule has 0 amide bonds. The Morgan fingerprint density at radius 3 is 2.57 bits per heavy atom. The quantitative estimate of drug-likeness (QED) is 0.668. The van der Waals surface area contributed by atoms with Crippen molar-refractivity contribution in [3.63, 3.8) is 0 Å². The van der Waals surface area contributed by atoms with Gasteiger partial charge in [-0.3, -0.25) is 0 Å². The molecular weight excluding hydrogens is 256 g/mol. The van der Waals surface area contributed by atoms with Crippen molar-refractivity contribution in [3.8, 4) is 0 Å². The Bertz CT molecular complexity index is 433. The van der Waals surface area contributed by atoms with Crippen molar-refractivity contribution in [2.24, 2.45) is 22.7 Å². The average molecular weight is 290 g/mol. The van der Waals surface area contributed by atoms with Crippen molar-refractivity contribution >= 4 is 0 Å². The molecule has 3 rings (SSSR count). The topological polar surface area (TPSA) is 20.2 Å². The summed E-state index contributed by atoms with van der Waals surface area (Å²) in [6.07, 6.45) is 11.3. The summed E-state index contributed by atoms with van der Waals surface area (Å²) in [7, 11) is 0. The average Bonchev–Trinajstić information content (AvgIpc) is 2.77. The number of allylic oxidation sites excluding steroid dienone is 2. The van der Waals surface area contributed by atoms with Gasteiger partial charge < -0.3 is 5.11 Å². The Morgan fingerprint density at radius 1 is 1.10 bits per heavy atom. The highest BCUT2D eigenvalue weighted by molar-refractivity contribution is 5.29. The zero-order valence-electron chi connectivity index (χ0n) is 14.5. The monoisotopic (exact) mass is 290 g/mol. The van der Waals surface area contributed by atoms with Gasteiger partial charge in [0.1, 0.15) is 0 Å². The summed E-state index contributed by atoms with van der Waals surface area (Å²) in [6, 6.07) is 0. The molecule has 0 aromatic heterocycles. The highest BCUT2D eigenvalue weighted by Crippen LogP contribution is 2.57. The number of hydrogen-bond donors (Lipinski definition) is 1. The molecule has 0 aliphatic heterocycles. The van der Waals surface area contributed by atoms with Gasteiger partial charge in [0.15, 0.2) is 0 Å². The molecule has 3 aliphatic rings. The number of rotatable bonds is 2. The van der Waals surface area contributed by atoms with E-state index in [2.05, 4.69) is 27.7 Å². The SMILES string of the molecule is CCC1CC(O)CCC1(C)C1CCC2=C(CCC2(C)C)C1. The zero-order valence-corrected chi connectivity index (χ0v) is 14.5. The summed E-state index contributed by atoms with van der Waals surface area (Å²) in [4.78, 5) is 0. The van der Waals surface area contributed by atoms with Gasteiger partial charge in [-0.15, -0.1) is 0 Å². The van der Waals surface area contributed by atoms with E-state index in [1.165, 1.54) is 44.9 Å². The Balaban J connectivity index is 1.79. The Morgan fingerprint density at radius 2 is 1.86 bits per heavy atom. The molecule has 0 spiro atoms. The number of aliphatic hydroxyl groups is 1. The van der Waals surface area contributed by atoms with E-state index in [0.717, 1.165) is 24.7 Å². The Kier molecular flexibility index (Phi) is 4.01. The molecule has 4 atom stereocenters. The van der Waals surface area contributed by atoms with E-state index in [0.29, 0.717) is 10.8 Å². The fourth-order valence-electron chi connectivity index (χ4n) is 5.83. The molecule has 1 fully saturated rings. The molecular formula is C20H34O. The molecule has 120 valence electrons. The number of aliphatic hydroxyl groups excluding tert-OH is 1. The van der Waals surface area contributed by atoms with Crippen LogP contribution >= 0.6 is 0 Å². The minimum Gasteiger partial charge on any atom is -0.393 e. The van der Waals surface area contributed by atoms with Crippen LogP contribution in [0, 0.1) is 22.7 Å². The van der Waals surface area contributed by atoms with E-state index in [-0.39, 0.29) is 6.10 Å². The molecule has 4 unspecified atom stereocenters. The van der Waals surface area contributed by atoms with Crippen LogP contribution in [0.25, 0.3) is 0 Å². The minimum absolute atomic E-state index is 0.0354. The van der Waals surface area contributed by atoms with E-state index >= 15 is 0 Å². The van der Waals surface area contributed by atoms with Gasteiger partial charge in [-0.05, 0) is 74.0 Å². The van der Waals surface area contributed by atoms with E-state index in [1.807, 2.05) is 11.1 Å².